The van der Waals surface area contributed by atoms with Crippen LogP contribution in [0.25, 0.3) is 0 Å². The highest BCUT2D eigenvalue weighted by molar-refractivity contribution is 5.44. The summed E-state index contributed by atoms with van der Waals surface area (Å²) in [6.07, 6.45) is 0. The van der Waals surface area contributed by atoms with Crippen molar-refractivity contribution in [3.63, 3.8) is 0 Å². The summed E-state index contributed by atoms with van der Waals surface area (Å²) < 4.78 is 19.0. The van der Waals surface area contributed by atoms with Crippen LogP contribution in [-0.4, -0.2) is 42.9 Å². The van der Waals surface area contributed by atoms with Crippen LogP contribution in [-0.2, 0) is 10.3 Å². The zero-order chi connectivity index (χ0) is 16.8. The first kappa shape index (κ1) is 16.7. The summed E-state index contributed by atoms with van der Waals surface area (Å²) in [6, 6.07) is 15.1. The third-order valence-electron chi connectivity index (χ3n) is 4.11. The zero-order valence-corrected chi connectivity index (χ0v) is 13.4. The average molecular weight is 325 g/mol. The van der Waals surface area contributed by atoms with Crippen LogP contribution in [0.3, 0.4) is 0 Å². The molecular weight excluding hydrogens is 305 g/mol. The fraction of sp³-hybridized carbons (Fsp3) is 0.300. The van der Waals surface area contributed by atoms with E-state index in [9.17, 15) is 9.50 Å². The number of benzene rings is 2. The molecule has 0 amide bonds. The topological polar surface area (TPSA) is 32.7 Å². The van der Waals surface area contributed by atoms with Crippen LogP contribution < -0.4 is 0 Å². The van der Waals surface area contributed by atoms with Crippen molar-refractivity contribution >= 4 is 0 Å². The highest BCUT2D eigenvalue weighted by atomic mass is 19.1. The molecule has 0 aromatic heterocycles. The van der Waals surface area contributed by atoms with Gasteiger partial charge in [-0.2, -0.15) is 0 Å². The van der Waals surface area contributed by atoms with Gasteiger partial charge in [-0.05, 0) is 12.1 Å². The Balaban J connectivity index is 1.91. The van der Waals surface area contributed by atoms with Gasteiger partial charge in [0.15, 0.2) is 5.60 Å². The molecule has 1 heterocycles. The molecule has 2 aromatic rings. The summed E-state index contributed by atoms with van der Waals surface area (Å²) in [4.78, 5) is 2.17. The van der Waals surface area contributed by atoms with Crippen molar-refractivity contribution in [2.45, 2.75) is 5.60 Å². The maximum atomic E-state index is 13.6. The van der Waals surface area contributed by atoms with Crippen LogP contribution >= 0.6 is 0 Å². The van der Waals surface area contributed by atoms with E-state index in [1.807, 2.05) is 18.2 Å². The largest absolute Gasteiger partial charge is 0.379 e. The van der Waals surface area contributed by atoms with Crippen molar-refractivity contribution in [1.82, 2.24) is 4.90 Å². The molecule has 3 nitrogen and oxygen atoms in total. The maximum absolute atomic E-state index is 13.6. The minimum Gasteiger partial charge on any atom is -0.379 e. The molecule has 1 N–H and O–H groups in total. The van der Waals surface area contributed by atoms with E-state index in [0.29, 0.717) is 30.9 Å². The second kappa shape index (κ2) is 7.59. The Morgan fingerprint density at radius 3 is 2.46 bits per heavy atom. The van der Waals surface area contributed by atoms with Gasteiger partial charge in [-0.1, -0.05) is 54.3 Å². The van der Waals surface area contributed by atoms with Crippen LogP contribution in [0.4, 0.5) is 4.39 Å². The molecule has 1 saturated heterocycles. The smallest absolute Gasteiger partial charge is 0.177 e. The molecule has 1 aliphatic heterocycles. The van der Waals surface area contributed by atoms with E-state index >= 15 is 0 Å². The first-order valence-electron chi connectivity index (χ1n) is 8.02. The van der Waals surface area contributed by atoms with E-state index in [4.69, 9.17) is 4.74 Å². The molecule has 1 atom stereocenters. The molecule has 3 rings (SSSR count). The third kappa shape index (κ3) is 3.82. The number of rotatable bonds is 3. The van der Waals surface area contributed by atoms with Crippen LogP contribution in [0, 0.1) is 17.7 Å². The summed E-state index contributed by atoms with van der Waals surface area (Å²) in [5, 5.41) is 11.2. The normalized spacial score (nSPS) is 17.6. The molecule has 0 unspecified atom stereocenters. The minimum atomic E-state index is -1.53. The van der Waals surface area contributed by atoms with Gasteiger partial charge in [-0.15, -0.1) is 0 Å². The van der Waals surface area contributed by atoms with Crippen molar-refractivity contribution in [2.75, 3.05) is 32.8 Å². The Kier molecular flexibility index (Phi) is 5.27. The monoisotopic (exact) mass is 325 g/mol. The van der Waals surface area contributed by atoms with E-state index in [1.165, 1.54) is 12.1 Å². The number of hydrogen-bond acceptors (Lipinski definition) is 3. The highest BCUT2D eigenvalue weighted by Gasteiger charge is 2.29. The highest BCUT2D eigenvalue weighted by Crippen LogP contribution is 2.29. The lowest BCUT2D eigenvalue weighted by molar-refractivity contribution is 0.0442. The Morgan fingerprint density at radius 1 is 1.04 bits per heavy atom. The molecule has 2 aromatic carbocycles. The Labute approximate surface area is 141 Å². The van der Waals surface area contributed by atoms with E-state index in [2.05, 4.69) is 16.7 Å². The fourth-order valence-corrected chi connectivity index (χ4v) is 2.74. The first-order valence-corrected chi connectivity index (χ1v) is 8.02. The molecule has 0 aliphatic carbocycles. The van der Waals surface area contributed by atoms with Gasteiger partial charge in [0.05, 0.1) is 19.8 Å². The van der Waals surface area contributed by atoms with Crippen LogP contribution in [0.2, 0.25) is 0 Å². The maximum Gasteiger partial charge on any atom is 0.177 e. The SMILES string of the molecule is O[C@@](C#CCN1CCOCC1)(c1ccccc1)c1cccc(F)c1. The Bertz CT molecular complexity index is 732. The predicted octanol–water partition coefficient (Wildman–Crippen LogP) is 2.40. The van der Waals surface area contributed by atoms with Crippen molar-refractivity contribution in [1.29, 1.82) is 0 Å². The van der Waals surface area contributed by atoms with Crippen LogP contribution in [0.15, 0.2) is 54.6 Å². The van der Waals surface area contributed by atoms with Gasteiger partial charge >= 0.3 is 0 Å². The van der Waals surface area contributed by atoms with Gasteiger partial charge < -0.3 is 9.84 Å². The van der Waals surface area contributed by atoms with Crippen molar-refractivity contribution in [2.24, 2.45) is 0 Å². The number of hydrogen-bond donors (Lipinski definition) is 1. The second-order valence-corrected chi connectivity index (χ2v) is 5.78. The Morgan fingerprint density at radius 2 is 1.75 bits per heavy atom. The lowest BCUT2D eigenvalue weighted by Crippen LogP contribution is -2.36. The fourth-order valence-electron chi connectivity index (χ4n) is 2.74. The second-order valence-electron chi connectivity index (χ2n) is 5.78. The van der Waals surface area contributed by atoms with E-state index < -0.39 is 11.4 Å². The summed E-state index contributed by atoms with van der Waals surface area (Å²) in [6.45, 7) is 3.62. The molecule has 124 valence electrons. The van der Waals surface area contributed by atoms with E-state index in [0.717, 1.165) is 13.1 Å². The summed E-state index contributed by atoms with van der Waals surface area (Å²) in [5.41, 5.74) is -0.469. The van der Waals surface area contributed by atoms with Crippen molar-refractivity contribution in [3.8, 4) is 11.8 Å². The molecule has 0 saturated carbocycles. The zero-order valence-electron chi connectivity index (χ0n) is 13.4. The van der Waals surface area contributed by atoms with Crippen molar-refractivity contribution < 1.29 is 14.2 Å². The number of morpholine rings is 1. The van der Waals surface area contributed by atoms with Crippen LogP contribution in [0.1, 0.15) is 11.1 Å². The number of aliphatic hydroxyl groups is 1. The van der Waals surface area contributed by atoms with Gasteiger partial charge in [0.25, 0.3) is 0 Å². The molecule has 1 aliphatic rings. The predicted molar refractivity (Wildman–Crippen MR) is 90.9 cm³/mol. The van der Waals surface area contributed by atoms with Gasteiger partial charge in [0, 0.05) is 24.2 Å². The summed E-state index contributed by atoms with van der Waals surface area (Å²) in [7, 11) is 0. The molecule has 0 bridgehead atoms. The number of ether oxygens (including phenoxy) is 1. The molecule has 0 spiro atoms. The Hall–Kier alpha value is -2.19. The van der Waals surface area contributed by atoms with Gasteiger partial charge in [-0.3, -0.25) is 4.90 Å². The quantitative estimate of drug-likeness (QED) is 0.880. The van der Waals surface area contributed by atoms with Crippen LogP contribution in [0.5, 0.6) is 0 Å². The summed E-state index contributed by atoms with van der Waals surface area (Å²) >= 11 is 0. The van der Waals surface area contributed by atoms with E-state index in [-0.39, 0.29) is 0 Å². The molecule has 0 radical (unpaired) electrons. The average Bonchev–Trinajstić information content (AvgIpc) is 2.63. The first-order chi connectivity index (χ1) is 11.7. The lowest BCUT2D eigenvalue weighted by Gasteiger charge is -2.25. The van der Waals surface area contributed by atoms with Gasteiger partial charge in [0.2, 0.25) is 0 Å². The molecule has 24 heavy (non-hydrogen) atoms. The van der Waals surface area contributed by atoms with Gasteiger partial charge in [-0.25, -0.2) is 4.39 Å². The molecule has 4 heteroatoms. The molecular formula is C20H20FNO2. The third-order valence-corrected chi connectivity index (χ3v) is 4.11. The van der Waals surface area contributed by atoms with Gasteiger partial charge in [0.1, 0.15) is 5.82 Å². The summed E-state index contributed by atoms with van der Waals surface area (Å²) in [5.74, 6) is 5.63. The standard InChI is InChI=1S/C20H20FNO2/c21-19-9-4-8-18(16-19)20(23,17-6-2-1-3-7-17)10-5-11-22-12-14-24-15-13-22/h1-4,6-9,16,23H,11-15H2/t20-/m0/s1. The van der Waals surface area contributed by atoms with E-state index in [1.54, 1.807) is 24.3 Å². The molecule has 1 fully saturated rings. The minimum absolute atomic E-state index is 0.392. The number of halogens is 1. The lowest BCUT2D eigenvalue weighted by atomic mass is 9.87. The van der Waals surface area contributed by atoms with Crippen molar-refractivity contribution in [3.05, 3.63) is 71.5 Å². The number of nitrogens with zero attached hydrogens (tertiary/aromatic N) is 1.